The Hall–Kier alpha value is -5.89. The molecule has 308 valence electrons. The molecule has 1 aliphatic heterocycles. The number of nitrogens with one attached hydrogen (secondary N) is 2. The van der Waals surface area contributed by atoms with Crippen LogP contribution in [0.15, 0.2) is 152 Å². The predicted octanol–water partition coefficient (Wildman–Crippen LogP) is 6.66. The summed E-state index contributed by atoms with van der Waals surface area (Å²) in [5.41, 5.74) is 4.48. The van der Waals surface area contributed by atoms with Gasteiger partial charge in [-0.05, 0) is 27.8 Å². The summed E-state index contributed by atoms with van der Waals surface area (Å²) in [7, 11) is 1.17. The summed E-state index contributed by atoms with van der Waals surface area (Å²) in [5, 5.41) is 5.40. The van der Waals surface area contributed by atoms with E-state index in [2.05, 4.69) is 10.6 Å². The smallest absolute Gasteiger partial charge is 0.408 e. The first-order chi connectivity index (χ1) is 28.9. The largest absolute Gasteiger partial charge is 0.467 e. The third-order valence-corrected chi connectivity index (χ3v) is 9.57. The SMILES string of the molecule is COC(=O)[C@H](CC(=O)N[C@H]1O[C@H](COCc2ccccc2)[C@H](OCc2ccccc2)[C@H](OCc2ccccc2)[C@H]1OCc1ccccc1)NC(=O)OCc1ccccc1. The first-order valence-electron chi connectivity index (χ1n) is 19.5. The van der Waals surface area contributed by atoms with Gasteiger partial charge in [0.15, 0.2) is 6.23 Å². The van der Waals surface area contributed by atoms with Gasteiger partial charge in [-0.15, -0.1) is 0 Å². The maximum atomic E-state index is 14.0. The molecule has 6 atom stereocenters. The molecule has 0 unspecified atom stereocenters. The Morgan fingerprint density at radius 3 is 1.46 bits per heavy atom. The molecule has 6 rings (SSSR count). The van der Waals surface area contributed by atoms with Crippen LogP contribution in [0.2, 0.25) is 0 Å². The number of amides is 2. The van der Waals surface area contributed by atoms with Crippen LogP contribution in [0.1, 0.15) is 34.2 Å². The molecule has 0 bridgehead atoms. The molecular formula is C47H50N2O10. The fourth-order valence-electron chi connectivity index (χ4n) is 6.55. The molecule has 2 amide bonds. The van der Waals surface area contributed by atoms with Crippen molar-refractivity contribution in [2.75, 3.05) is 13.7 Å². The van der Waals surface area contributed by atoms with Gasteiger partial charge in [0.1, 0.15) is 37.1 Å². The van der Waals surface area contributed by atoms with Crippen LogP contribution in [-0.4, -0.2) is 68.4 Å². The van der Waals surface area contributed by atoms with Gasteiger partial charge in [0, 0.05) is 0 Å². The third kappa shape index (κ3) is 13.6. The third-order valence-electron chi connectivity index (χ3n) is 9.57. The van der Waals surface area contributed by atoms with Crippen LogP contribution in [0.25, 0.3) is 0 Å². The van der Waals surface area contributed by atoms with E-state index in [0.717, 1.165) is 27.8 Å². The molecule has 12 heteroatoms. The second kappa shape index (κ2) is 22.9. The van der Waals surface area contributed by atoms with Crippen molar-refractivity contribution in [2.24, 2.45) is 0 Å². The molecule has 1 aliphatic rings. The molecule has 1 fully saturated rings. The van der Waals surface area contributed by atoms with E-state index in [-0.39, 0.29) is 33.0 Å². The number of ether oxygens (including phenoxy) is 7. The van der Waals surface area contributed by atoms with Crippen LogP contribution in [-0.2, 0) is 75.8 Å². The van der Waals surface area contributed by atoms with Gasteiger partial charge in [-0.1, -0.05) is 152 Å². The van der Waals surface area contributed by atoms with Gasteiger partial charge < -0.3 is 43.8 Å². The number of rotatable bonds is 20. The normalized spacial score (nSPS) is 19.2. The monoisotopic (exact) mass is 802 g/mol. The first-order valence-corrected chi connectivity index (χ1v) is 19.5. The van der Waals surface area contributed by atoms with Crippen molar-refractivity contribution in [3.63, 3.8) is 0 Å². The lowest BCUT2D eigenvalue weighted by molar-refractivity contribution is -0.277. The topological polar surface area (TPSA) is 140 Å². The van der Waals surface area contributed by atoms with Crippen LogP contribution in [0.4, 0.5) is 4.79 Å². The number of hydrogen-bond acceptors (Lipinski definition) is 10. The van der Waals surface area contributed by atoms with E-state index in [9.17, 15) is 14.4 Å². The summed E-state index contributed by atoms with van der Waals surface area (Å²) in [6.45, 7) is 0.960. The minimum absolute atomic E-state index is 0.0330. The highest BCUT2D eigenvalue weighted by Crippen LogP contribution is 2.30. The Balaban J connectivity index is 1.26. The molecule has 0 saturated carbocycles. The zero-order chi connectivity index (χ0) is 41.1. The first kappa shape index (κ1) is 42.7. The lowest BCUT2D eigenvalue weighted by Crippen LogP contribution is -2.65. The molecule has 12 nitrogen and oxygen atoms in total. The minimum atomic E-state index is -1.37. The number of esters is 1. The molecule has 0 aromatic heterocycles. The van der Waals surface area contributed by atoms with Crippen molar-refractivity contribution in [1.82, 2.24) is 10.6 Å². The van der Waals surface area contributed by atoms with E-state index in [1.54, 1.807) is 12.1 Å². The highest BCUT2D eigenvalue weighted by Gasteiger charge is 2.49. The summed E-state index contributed by atoms with van der Waals surface area (Å²) in [6.07, 6.45) is -5.70. The van der Waals surface area contributed by atoms with Crippen molar-refractivity contribution < 1.29 is 47.5 Å². The van der Waals surface area contributed by atoms with Gasteiger partial charge in [0.05, 0.1) is 46.6 Å². The standard InChI is InChI=1S/C47H50N2O10/c1-53-46(51)39(48-47(52)58-32-38-25-15-6-16-26-38)27-41(50)49-45-44(57-31-37-23-13-5-14-24-37)43(56-30-36-21-11-4-12-22-36)42(55-29-35-19-9-3-10-20-35)40(59-45)33-54-28-34-17-7-2-8-18-34/h2-26,39-40,42-45H,27-33H2,1H3,(H,48,52)(H,49,50)/t39-,40+,42-,43-,44+,45-/m0/s1. The zero-order valence-electron chi connectivity index (χ0n) is 32.9. The average molecular weight is 803 g/mol. The molecule has 0 aliphatic carbocycles. The summed E-state index contributed by atoms with van der Waals surface area (Å²) >= 11 is 0. The Morgan fingerprint density at radius 2 is 0.983 bits per heavy atom. The number of alkyl carbamates (subject to hydrolysis) is 1. The molecule has 0 spiro atoms. The lowest BCUT2D eigenvalue weighted by atomic mass is 9.96. The number of carbonyl (C=O) groups is 3. The fraction of sp³-hybridized carbons (Fsp3) is 0.298. The lowest BCUT2D eigenvalue weighted by Gasteiger charge is -2.46. The number of benzene rings is 5. The number of hydrogen-bond donors (Lipinski definition) is 2. The Morgan fingerprint density at radius 1 is 0.559 bits per heavy atom. The molecule has 1 saturated heterocycles. The Labute approximate surface area is 344 Å². The van der Waals surface area contributed by atoms with Gasteiger partial charge >= 0.3 is 12.1 Å². The summed E-state index contributed by atoms with van der Waals surface area (Å²) in [5.74, 6) is -1.46. The highest BCUT2D eigenvalue weighted by molar-refractivity contribution is 5.88. The van der Waals surface area contributed by atoms with Crippen LogP contribution in [0.5, 0.6) is 0 Å². The Bertz CT molecular complexity index is 1990. The Kier molecular flexibility index (Phi) is 16.6. The van der Waals surface area contributed by atoms with E-state index >= 15 is 0 Å². The van der Waals surface area contributed by atoms with Crippen molar-refractivity contribution in [3.05, 3.63) is 179 Å². The van der Waals surface area contributed by atoms with Gasteiger partial charge in [-0.25, -0.2) is 9.59 Å². The zero-order valence-corrected chi connectivity index (χ0v) is 32.9. The quantitative estimate of drug-likeness (QED) is 0.0822. The van der Waals surface area contributed by atoms with Crippen LogP contribution >= 0.6 is 0 Å². The summed E-state index contributed by atoms with van der Waals surface area (Å²) in [4.78, 5) is 39.6. The van der Waals surface area contributed by atoms with E-state index in [4.69, 9.17) is 33.2 Å². The van der Waals surface area contributed by atoms with Crippen molar-refractivity contribution in [1.29, 1.82) is 0 Å². The average Bonchev–Trinajstić information content (AvgIpc) is 3.28. The van der Waals surface area contributed by atoms with Crippen molar-refractivity contribution in [3.8, 4) is 0 Å². The van der Waals surface area contributed by atoms with E-state index in [1.807, 2.05) is 140 Å². The van der Waals surface area contributed by atoms with Crippen LogP contribution in [0, 0.1) is 0 Å². The number of methoxy groups -OCH3 is 1. The molecule has 5 aromatic rings. The summed E-state index contributed by atoms with van der Waals surface area (Å²) < 4.78 is 43.3. The van der Waals surface area contributed by atoms with Crippen LogP contribution < -0.4 is 10.6 Å². The molecular weight excluding hydrogens is 753 g/mol. The highest BCUT2D eigenvalue weighted by atomic mass is 16.6. The maximum absolute atomic E-state index is 14.0. The molecule has 2 N–H and O–H groups in total. The van der Waals surface area contributed by atoms with Gasteiger partial charge in [-0.2, -0.15) is 0 Å². The van der Waals surface area contributed by atoms with E-state index < -0.39 is 61.1 Å². The van der Waals surface area contributed by atoms with Crippen molar-refractivity contribution in [2.45, 2.75) is 76.1 Å². The molecule has 1 heterocycles. The van der Waals surface area contributed by atoms with Gasteiger partial charge in [0.2, 0.25) is 5.91 Å². The van der Waals surface area contributed by atoms with Gasteiger partial charge in [-0.3, -0.25) is 4.79 Å². The second-order valence-corrected chi connectivity index (χ2v) is 13.9. The fourth-order valence-corrected chi connectivity index (χ4v) is 6.55. The maximum Gasteiger partial charge on any atom is 0.408 e. The molecule has 59 heavy (non-hydrogen) atoms. The van der Waals surface area contributed by atoms with E-state index in [1.165, 1.54) is 7.11 Å². The van der Waals surface area contributed by atoms with Gasteiger partial charge in [0.25, 0.3) is 0 Å². The molecule has 0 radical (unpaired) electrons. The second-order valence-electron chi connectivity index (χ2n) is 13.9. The predicted molar refractivity (Wildman–Crippen MR) is 218 cm³/mol. The van der Waals surface area contributed by atoms with E-state index in [0.29, 0.717) is 6.61 Å². The number of carbonyl (C=O) groups excluding carboxylic acids is 3. The minimum Gasteiger partial charge on any atom is -0.467 e. The summed E-state index contributed by atoms with van der Waals surface area (Å²) in [6, 6.07) is 46.6. The van der Waals surface area contributed by atoms with Crippen LogP contribution in [0.3, 0.4) is 0 Å². The molecule has 5 aromatic carbocycles. The van der Waals surface area contributed by atoms with Crippen molar-refractivity contribution >= 4 is 18.0 Å².